The lowest BCUT2D eigenvalue weighted by atomic mass is 10.0. The quantitative estimate of drug-likeness (QED) is 0.647. The average Bonchev–Trinajstić information content (AvgIpc) is 2.46. The fourth-order valence-electron chi connectivity index (χ4n) is 1.91. The Morgan fingerprint density at radius 2 is 1.81 bits per heavy atom. The maximum absolute atomic E-state index is 12.5. The van der Waals surface area contributed by atoms with Crippen molar-refractivity contribution >= 4 is 15.9 Å². The first-order valence-electron chi connectivity index (χ1n) is 6.14. The number of pyridine rings is 1. The highest BCUT2D eigenvalue weighted by Crippen LogP contribution is 2.30. The normalized spacial score (nSPS) is 13.2. The summed E-state index contributed by atoms with van der Waals surface area (Å²) in [5.41, 5.74) is 3.40. The van der Waals surface area contributed by atoms with Crippen LogP contribution in [-0.4, -0.2) is 4.98 Å². The summed E-state index contributed by atoms with van der Waals surface area (Å²) < 4.78 is 38.5. The van der Waals surface area contributed by atoms with E-state index in [0.29, 0.717) is 12.0 Å². The molecule has 1 aromatic heterocycles. The number of nitrogens with one attached hydrogen (secondary N) is 1. The van der Waals surface area contributed by atoms with Crippen LogP contribution in [0.5, 0.6) is 0 Å². The number of hydrazine groups is 1. The van der Waals surface area contributed by atoms with Gasteiger partial charge in [-0.1, -0.05) is 12.1 Å². The number of benzene rings is 1. The molecule has 0 spiro atoms. The summed E-state index contributed by atoms with van der Waals surface area (Å²) in [6, 6.07) is 8.32. The lowest BCUT2D eigenvalue weighted by Crippen LogP contribution is -2.29. The Morgan fingerprint density at radius 1 is 1.14 bits per heavy atom. The molecule has 112 valence electrons. The van der Waals surface area contributed by atoms with Gasteiger partial charge in [-0.3, -0.25) is 16.3 Å². The van der Waals surface area contributed by atoms with Gasteiger partial charge in [-0.2, -0.15) is 13.2 Å². The average molecular weight is 360 g/mol. The second kappa shape index (κ2) is 6.55. The topological polar surface area (TPSA) is 50.9 Å². The molecule has 7 heteroatoms. The first kappa shape index (κ1) is 15.9. The van der Waals surface area contributed by atoms with Crippen LogP contribution in [0.1, 0.15) is 22.9 Å². The minimum Gasteiger partial charge on any atom is -0.271 e. The molecule has 0 aliphatic rings. The molecule has 3 N–H and O–H groups in total. The van der Waals surface area contributed by atoms with Crippen LogP contribution in [0.25, 0.3) is 0 Å². The molecule has 0 amide bonds. The third-order valence-corrected chi connectivity index (χ3v) is 3.51. The third-order valence-electron chi connectivity index (χ3n) is 3.04. The number of halogens is 4. The predicted octanol–water partition coefficient (Wildman–Crippen LogP) is 3.61. The molecule has 21 heavy (non-hydrogen) atoms. The summed E-state index contributed by atoms with van der Waals surface area (Å²) in [7, 11) is 0. The lowest BCUT2D eigenvalue weighted by molar-refractivity contribution is -0.137. The van der Waals surface area contributed by atoms with Gasteiger partial charge in [0.15, 0.2) is 0 Å². The summed E-state index contributed by atoms with van der Waals surface area (Å²) in [6.07, 6.45) is -2.19. The number of nitrogens with two attached hydrogens (primary N) is 1. The van der Waals surface area contributed by atoms with E-state index in [9.17, 15) is 13.2 Å². The monoisotopic (exact) mass is 359 g/mol. The molecule has 0 radical (unpaired) electrons. The number of rotatable bonds is 4. The molecule has 0 bridgehead atoms. The molecular formula is C14H13BrF3N3. The van der Waals surface area contributed by atoms with Crippen molar-refractivity contribution in [1.29, 1.82) is 0 Å². The SMILES string of the molecule is NNC(Cc1ccc(Br)cn1)c1ccc(C(F)(F)F)cc1. The van der Waals surface area contributed by atoms with Crippen molar-refractivity contribution < 1.29 is 13.2 Å². The third kappa shape index (κ3) is 4.26. The van der Waals surface area contributed by atoms with E-state index < -0.39 is 11.7 Å². The van der Waals surface area contributed by atoms with Crippen molar-refractivity contribution in [3.05, 3.63) is 63.9 Å². The Kier molecular flexibility index (Phi) is 4.97. The van der Waals surface area contributed by atoms with Gasteiger partial charge in [0, 0.05) is 22.8 Å². The number of hydrogen-bond acceptors (Lipinski definition) is 3. The van der Waals surface area contributed by atoms with Crippen LogP contribution in [-0.2, 0) is 12.6 Å². The van der Waals surface area contributed by atoms with E-state index in [1.807, 2.05) is 12.1 Å². The van der Waals surface area contributed by atoms with Gasteiger partial charge in [-0.15, -0.1) is 0 Å². The van der Waals surface area contributed by atoms with Gasteiger partial charge in [0.05, 0.1) is 11.6 Å². The highest BCUT2D eigenvalue weighted by molar-refractivity contribution is 9.10. The number of aromatic nitrogens is 1. The summed E-state index contributed by atoms with van der Waals surface area (Å²) in [5, 5.41) is 0. The van der Waals surface area contributed by atoms with E-state index >= 15 is 0 Å². The van der Waals surface area contributed by atoms with Gasteiger partial charge in [0.25, 0.3) is 0 Å². The van der Waals surface area contributed by atoms with Crippen LogP contribution < -0.4 is 11.3 Å². The Hall–Kier alpha value is -1.44. The zero-order chi connectivity index (χ0) is 15.5. The molecule has 1 heterocycles. The predicted molar refractivity (Wildman–Crippen MR) is 77.1 cm³/mol. The Morgan fingerprint density at radius 3 is 2.29 bits per heavy atom. The van der Waals surface area contributed by atoms with Gasteiger partial charge >= 0.3 is 6.18 Å². The van der Waals surface area contributed by atoms with Crippen LogP contribution >= 0.6 is 15.9 Å². The maximum atomic E-state index is 12.5. The van der Waals surface area contributed by atoms with E-state index in [-0.39, 0.29) is 6.04 Å². The van der Waals surface area contributed by atoms with Crippen molar-refractivity contribution in [3.63, 3.8) is 0 Å². The van der Waals surface area contributed by atoms with E-state index in [0.717, 1.165) is 22.3 Å². The molecule has 0 aliphatic carbocycles. The zero-order valence-corrected chi connectivity index (χ0v) is 12.4. The minimum absolute atomic E-state index is 0.305. The molecule has 1 unspecified atom stereocenters. The summed E-state index contributed by atoms with van der Waals surface area (Å²) in [5.74, 6) is 5.50. The van der Waals surface area contributed by atoms with Crippen molar-refractivity contribution in [2.45, 2.75) is 18.6 Å². The Labute approximate surface area is 128 Å². The van der Waals surface area contributed by atoms with E-state index in [1.54, 1.807) is 6.20 Å². The number of nitrogens with zero attached hydrogens (tertiary/aromatic N) is 1. The highest BCUT2D eigenvalue weighted by Gasteiger charge is 2.30. The molecule has 0 fully saturated rings. The Bertz CT molecular complexity index is 582. The van der Waals surface area contributed by atoms with E-state index in [2.05, 4.69) is 26.3 Å². The lowest BCUT2D eigenvalue weighted by Gasteiger charge is -2.17. The summed E-state index contributed by atoms with van der Waals surface area (Å²) in [4.78, 5) is 4.23. The molecule has 3 nitrogen and oxygen atoms in total. The molecule has 0 aliphatic heterocycles. The molecule has 1 atom stereocenters. The number of hydrogen-bond donors (Lipinski definition) is 2. The van der Waals surface area contributed by atoms with Crippen LogP contribution in [0.15, 0.2) is 47.1 Å². The van der Waals surface area contributed by atoms with E-state index in [1.165, 1.54) is 12.1 Å². The van der Waals surface area contributed by atoms with Gasteiger partial charge in [0.1, 0.15) is 0 Å². The number of alkyl halides is 3. The first-order valence-corrected chi connectivity index (χ1v) is 6.93. The van der Waals surface area contributed by atoms with Crippen LogP contribution in [0.4, 0.5) is 13.2 Å². The van der Waals surface area contributed by atoms with Crippen LogP contribution in [0, 0.1) is 0 Å². The van der Waals surface area contributed by atoms with Gasteiger partial charge in [-0.05, 0) is 45.8 Å². The van der Waals surface area contributed by atoms with Crippen LogP contribution in [0.3, 0.4) is 0 Å². The molecule has 0 saturated heterocycles. The van der Waals surface area contributed by atoms with Gasteiger partial charge in [0.2, 0.25) is 0 Å². The Balaban J connectivity index is 2.15. The fraction of sp³-hybridized carbons (Fsp3) is 0.214. The second-order valence-corrected chi connectivity index (χ2v) is 5.43. The molecule has 0 saturated carbocycles. The smallest absolute Gasteiger partial charge is 0.271 e. The molecule has 2 rings (SSSR count). The van der Waals surface area contributed by atoms with Gasteiger partial charge < -0.3 is 0 Å². The fourth-order valence-corrected chi connectivity index (χ4v) is 2.15. The first-order chi connectivity index (χ1) is 9.90. The van der Waals surface area contributed by atoms with Gasteiger partial charge in [-0.25, -0.2) is 0 Å². The van der Waals surface area contributed by atoms with Crippen molar-refractivity contribution in [2.24, 2.45) is 5.84 Å². The van der Waals surface area contributed by atoms with E-state index in [4.69, 9.17) is 5.84 Å². The highest BCUT2D eigenvalue weighted by atomic mass is 79.9. The van der Waals surface area contributed by atoms with Crippen LogP contribution in [0.2, 0.25) is 0 Å². The zero-order valence-electron chi connectivity index (χ0n) is 10.9. The largest absolute Gasteiger partial charge is 0.416 e. The second-order valence-electron chi connectivity index (χ2n) is 4.51. The molecule has 1 aromatic carbocycles. The molecule has 2 aromatic rings. The summed E-state index contributed by atoms with van der Waals surface area (Å²) in [6.45, 7) is 0. The molecular weight excluding hydrogens is 347 g/mol. The summed E-state index contributed by atoms with van der Waals surface area (Å²) >= 11 is 3.29. The van der Waals surface area contributed by atoms with Crippen molar-refractivity contribution in [3.8, 4) is 0 Å². The van der Waals surface area contributed by atoms with Crippen molar-refractivity contribution in [1.82, 2.24) is 10.4 Å². The maximum Gasteiger partial charge on any atom is 0.416 e. The standard InChI is InChI=1S/C14H13BrF3N3/c15-11-5-6-12(20-8-11)7-13(21-19)9-1-3-10(4-2-9)14(16,17)18/h1-6,8,13,21H,7,19H2. The minimum atomic E-state index is -4.34. The van der Waals surface area contributed by atoms with Crippen molar-refractivity contribution in [2.75, 3.05) is 0 Å².